The van der Waals surface area contributed by atoms with Crippen molar-refractivity contribution in [3.8, 4) is 0 Å². The quantitative estimate of drug-likeness (QED) is 0.0903. The minimum absolute atomic E-state index is 0. The first-order valence-corrected chi connectivity index (χ1v) is 11.8. The molecule has 0 saturated carbocycles. The molecule has 2 aromatic carbocycles. The first-order chi connectivity index (χ1) is 18.3. The number of carbonyl (C=O) groups is 4. The van der Waals surface area contributed by atoms with Crippen LogP contribution >= 0.6 is 15.9 Å². The molecule has 0 bridgehead atoms. The molecule has 0 aliphatic carbocycles. The van der Waals surface area contributed by atoms with Crippen molar-refractivity contribution in [3.05, 3.63) is 97.2 Å². The molecule has 0 radical (unpaired) electrons. The summed E-state index contributed by atoms with van der Waals surface area (Å²) in [5.41, 5.74) is 23.6. The summed E-state index contributed by atoms with van der Waals surface area (Å²) in [6.45, 7) is 1.05. The molecule has 12 nitrogen and oxygen atoms in total. The number of nitrogens with zero attached hydrogens (tertiary/aromatic N) is 8. The van der Waals surface area contributed by atoms with Crippen molar-refractivity contribution in [2.75, 3.05) is 32.1 Å². The smallest absolute Gasteiger partial charge is 0.373 e. The summed E-state index contributed by atoms with van der Waals surface area (Å²) in [6.07, 6.45) is 1.26. The van der Waals surface area contributed by atoms with Gasteiger partial charge in [-0.15, -0.1) is 0 Å². The Labute approximate surface area is 250 Å². The first kappa shape index (κ1) is 32.8. The monoisotopic (exact) mass is 597 g/mol. The Morgan fingerprint density at radius 3 is 1.42 bits per heavy atom. The summed E-state index contributed by atoms with van der Waals surface area (Å²) in [7, 11) is -1.00. The number of azide groups is 1. The molecule has 0 spiro atoms. The van der Waals surface area contributed by atoms with Crippen LogP contribution in [0.25, 0.3) is 26.4 Å². The van der Waals surface area contributed by atoms with Crippen molar-refractivity contribution in [3.63, 3.8) is 0 Å². The van der Waals surface area contributed by atoms with Crippen molar-refractivity contribution >= 4 is 39.6 Å². The van der Waals surface area contributed by atoms with Gasteiger partial charge in [-0.2, -0.15) is 0 Å². The van der Waals surface area contributed by atoms with E-state index in [0.717, 1.165) is 11.8 Å². The largest absolute Gasteiger partial charge is 1.00 e. The molecular formula is C23H23BrFN8NaO4. The number of halogens is 2. The molecule has 0 aromatic heterocycles. The predicted octanol–water partition coefficient (Wildman–Crippen LogP) is 2.51. The summed E-state index contributed by atoms with van der Waals surface area (Å²) in [6, 6.07) is 13.7. The maximum absolute atomic E-state index is 11.9. The standard InChI is InChI=1S/C11H10BrNO2.C11H10N4O2.CH3F.N3.Na/c12-6-3-7-13-10(14)8-4-1-2-5-9(8)11(13)15;12-14-13-6-3-7-15-10(16)8-4-1-2-5-9(8)11(15)17;1-2;1-3-2;/h1-2,4-5H,3,6-7H2;1-2,4-5H,3,6-7H2;1H3;;/q;;;-1;+1/i;;1D;;. The Morgan fingerprint density at radius 2 is 1.13 bits per heavy atom. The molecular weight excluding hydrogens is 574 g/mol. The van der Waals surface area contributed by atoms with Crippen LogP contribution in [0.1, 0.15) is 55.6 Å². The molecule has 38 heavy (non-hydrogen) atoms. The number of imide groups is 2. The van der Waals surface area contributed by atoms with Gasteiger partial charge in [0.1, 0.15) is 0 Å². The van der Waals surface area contributed by atoms with E-state index in [4.69, 9.17) is 18.0 Å². The van der Waals surface area contributed by atoms with E-state index >= 15 is 0 Å². The Bertz CT molecular complexity index is 1170. The number of rotatable bonds is 7. The van der Waals surface area contributed by atoms with E-state index in [1.54, 1.807) is 48.5 Å². The van der Waals surface area contributed by atoms with Gasteiger partial charge in [-0.05, 0) is 42.6 Å². The van der Waals surface area contributed by atoms with Gasteiger partial charge in [0.05, 0.1) is 30.8 Å². The molecule has 0 atom stereocenters. The maximum atomic E-state index is 11.9. The van der Waals surface area contributed by atoms with Gasteiger partial charge < -0.3 is 11.1 Å². The summed E-state index contributed by atoms with van der Waals surface area (Å²) in [5.74, 6) is -0.883. The number of alkyl halides is 2. The number of hydrogen-bond acceptors (Lipinski definition) is 5. The van der Waals surface area contributed by atoms with E-state index in [9.17, 15) is 23.6 Å². The molecule has 0 saturated heterocycles. The first-order valence-electron chi connectivity index (χ1n) is 11.4. The van der Waals surface area contributed by atoms with Crippen LogP contribution in [0.15, 0.2) is 53.6 Å². The van der Waals surface area contributed by atoms with Crippen LogP contribution in [0.3, 0.4) is 0 Å². The van der Waals surface area contributed by atoms with Gasteiger partial charge in [0.25, 0.3) is 23.6 Å². The second-order valence-electron chi connectivity index (χ2n) is 7.06. The molecule has 0 N–H and O–H groups in total. The van der Waals surface area contributed by atoms with Gasteiger partial charge in [0, 0.05) is 29.9 Å². The molecule has 2 aliphatic rings. The Morgan fingerprint density at radius 1 is 0.816 bits per heavy atom. The van der Waals surface area contributed by atoms with E-state index in [0.29, 0.717) is 35.2 Å². The zero-order valence-electron chi connectivity index (χ0n) is 21.5. The van der Waals surface area contributed by atoms with Crippen molar-refractivity contribution in [1.29, 1.82) is 0 Å². The van der Waals surface area contributed by atoms with Gasteiger partial charge in [0.15, 0.2) is 0 Å². The average molecular weight is 598 g/mol. The molecule has 0 fully saturated rings. The maximum Gasteiger partial charge on any atom is 1.00 e. The number of amides is 4. The molecule has 2 heterocycles. The van der Waals surface area contributed by atoms with Crippen LogP contribution < -0.4 is 29.6 Å². The van der Waals surface area contributed by atoms with Gasteiger partial charge in [-0.3, -0.25) is 38.3 Å². The van der Waals surface area contributed by atoms with Crippen LogP contribution in [0, 0.1) is 0 Å². The minimum Gasteiger partial charge on any atom is -0.373 e. The summed E-state index contributed by atoms with van der Waals surface area (Å²) in [4.78, 5) is 54.0. The van der Waals surface area contributed by atoms with Crippen molar-refractivity contribution in [2.45, 2.75) is 12.8 Å². The molecule has 15 heteroatoms. The Balaban J connectivity index is 0.000000606. The Hall–Kier alpha value is -3.25. The fraction of sp³-hybridized carbons (Fsp3) is 0.304. The summed E-state index contributed by atoms with van der Waals surface area (Å²) in [5, 5.41) is 4.16. The zero-order chi connectivity index (χ0) is 28.5. The summed E-state index contributed by atoms with van der Waals surface area (Å²) >= 11 is 3.28. The van der Waals surface area contributed by atoms with Gasteiger partial charge in [0.2, 0.25) is 0 Å². The molecule has 4 amide bonds. The number of fused-ring (bicyclic) bond motifs is 2. The van der Waals surface area contributed by atoms with Crippen LogP contribution in [0.5, 0.6) is 0 Å². The topological polar surface area (TPSA) is 182 Å². The summed E-state index contributed by atoms with van der Waals surface area (Å²) < 4.78 is 15.5. The van der Waals surface area contributed by atoms with E-state index in [2.05, 4.69) is 26.0 Å². The normalized spacial score (nSPS) is 12.5. The molecule has 2 aliphatic heterocycles. The number of benzene rings is 2. The third kappa shape index (κ3) is 8.95. The molecule has 4 rings (SSSR count). The van der Waals surface area contributed by atoms with E-state index in [-0.39, 0.29) is 66.3 Å². The van der Waals surface area contributed by atoms with Gasteiger partial charge in [-0.25, -0.2) is 0 Å². The molecule has 2 aromatic rings. The van der Waals surface area contributed by atoms with E-state index < -0.39 is 7.15 Å². The second kappa shape index (κ2) is 18.9. The van der Waals surface area contributed by atoms with Crippen LogP contribution in [0.2, 0.25) is 0 Å². The number of hydrogen-bond donors (Lipinski definition) is 0. The molecule has 194 valence electrons. The van der Waals surface area contributed by atoms with Crippen molar-refractivity contribution in [2.24, 2.45) is 5.11 Å². The van der Waals surface area contributed by atoms with Gasteiger partial charge >= 0.3 is 29.6 Å². The van der Waals surface area contributed by atoms with Crippen LogP contribution in [-0.2, 0) is 0 Å². The van der Waals surface area contributed by atoms with Crippen LogP contribution in [0.4, 0.5) is 4.39 Å². The SMILES string of the molecule is O=C1c2ccccc2C(=O)N1CCCBr.[2H]CF.[N-]=[N+]=NCCCN1C(=O)c2ccccc2C1=O.[N-]=[N+]=[N-].[Na+]. The Kier molecular flexibility index (Phi) is 16.3. The third-order valence-electron chi connectivity index (χ3n) is 4.97. The predicted molar refractivity (Wildman–Crippen MR) is 138 cm³/mol. The fourth-order valence-corrected chi connectivity index (χ4v) is 3.70. The second-order valence-corrected chi connectivity index (χ2v) is 7.85. The zero-order valence-corrected chi connectivity index (χ0v) is 24.1. The number of carbonyl (C=O) groups excluding carboxylic acids is 4. The van der Waals surface area contributed by atoms with Crippen molar-refractivity contribution in [1.82, 2.24) is 9.80 Å². The van der Waals surface area contributed by atoms with E-state index in [1.165, 1.54) is 14.7 Å². The van der Waals surface area contributed by atoms with E-state index in [1.807, 2.05) is 0 Å². The average Bonchev–Trinajstić information content (AvgIpc) is 3.31. The molecule has 0 unspecified atom stereocenters. The van der Waals surface area contributed by atoms with Crippen molar-refractivity contribution < 1.29 is 54.5 Å². The minimum atomic E-state index is -1.00. The third-order valence-corrected chi connectivity index (χ3v) is 5.54. The van der Waals surface area contributed by atoms with Gasteiger partial charge in [-0.1, -0.05) is 45.3 Å². The van der Waals surface area contributed by atoms with Crippen LogP contribution in [-0.4, -0.2) is 65.5 Å². The fourth-order valence-electron chi connectivity index (χ4n) is 3.45.